The Balaban J connectivity index is 0.00000625. The summed E-state index contributed by atoms with van der Waals surface area (Å²) >= 11 is 6.19. The lowest BCUT2D eigenvalue weighted by Crippen LogP contribution is -2.48. The van der Waals surface area contributed by atoms with Crippen LogP contribution in [0.2, 0.25) is 5.02 Å². The summed E-state index contributed by atoms with van der Waals surface area (Å²) in [6, 6.07) is 4.88. The van der Waals surface area contributed by atoms with Gasteiger partial charge in [-0.15, -0.1) is 12.4 Å². The second-order valence-electron chi connectivity index (χ2n) is 6.12. The van der Waals surface area contributed by atoms with Gasteiger partial charge >= 0.3 is 0 Å². The van der Waals surface area contributed by atoms with Crippen LogP contribution in [0, 0.1) is 0 Å². The minimum Gasteiger partial charge on any atom is -0.482 e. The topological polar surface area (TPSA) is 84.7 Å². The Morgan fingerprint density at radius 1 is 1.27 bits per heavy atom. The van der Waals surface area contributed by atoms with E-state index in [9.17, 15) is 9.59 Å². The van der Waals surface area contributed by atoms with Crippen molar-refractivity contribution in [3.05, 3.63) is 23.2 Å². The summed E-state index contributed by atoms with van der Waals surface area (Å²) in [7, 11) is 0. The molecule has 0 bridgehead atoms. The number of nitrogens with two attached hydrogens (primary N) is 1. The monoisotopic (exact) mass is 405 g/mol. The Hall–Kier alpha value is -1.50. The third-order valence-corrected chi connectivity index (χ3v) is 4.24. The Morgan fingerprint density at radius 2 is 1.88 bits per heavy atom. The van der Waals surface area contributed by atoms with Gasteiger partial charge in [-0.1, -0.05) is 24.9 Å². The molecule has 2 amide bonds. The number of hydrogen-bond donors (Lipinski definition) is 2. The van der Waals surface area contributed by atoms with Crippen LogP contribution in [0.5, 0.6) is 5.75 Å². The summed E-state index contributed by atoms with van der Waals surface area (Å²) in [6.07, 6.45) is 1.40. The predicted octanol–water partition coefficient (Wildman–Crippen LogP) is 3.47. The number of halogens is 2. The van der Waals surface area contributed by atoms with Crippen LogP contribution in [-0.4, -0.2) is 41.9 Å². The van der Waals surface area contributed by atoms with Crippen molar-refractivity contribution in [1.29, 1.82) is 0 Å². The first kappa shape index (κ1) is 24.5. The average Bonchev–Trinajstić information content (AvgIpc) is 2.55. The fourth-order valence-corrected chi connectivity index (χ4v) is 2.64. The molecule has 0 aliphatic heterocycles. The van der Waals surface area contributed by atoms with Gasteiger partial charge in [0.05, 0.1) is 10.6 Å². The predicted molar refractivity (Wildman–Crippen MR) is 108 cm³/mol. The molecule has 0 fully saturated rings. The highest BCUT2D eigenvalue weighted by molar-refractivity contribution is 6.32. The van der Waals surface area contributed by atoms with E-state index in [2.05, 4.69) is 5.32 Å². The molecule has 0 radical (unpaired) electrons. The molecule has 1 atom stereocenters. The third-order valence-electron chi connectivity index (χ3n) is 3.95. The maximum atomic E-state index is 12.2. The van der Waals surface area contributed by atoms with E-state index in [0.717, 1.165) is 6.42 Å². The van der Waals surface area contributed by atoms with E-state index in [4.69, 9.17) is 22.1 Å². The number of benzene rings is 1. The molecule has 0 aliphatic carbocycles. The van der Waals surface area contributed by atoms with Gasteiger partial charge in [0.2, 0.25) is 5.91 Å². The number of carbonyl (C=O) groups excluding carboxylic acids is 2. The number of nitrogens with one attached hydrogen (secondary N) is 1. The van der Waals surface area contributed by atoms with Crippen molar-refractivity contribution in [3.8, 4) is 5.75 Å². The lowest BCUT2D eigenvalue weighted by molar-refractivity contribution is -0.133. The first-order valence-corrected chi connectivity index (χ1v) is 8.93. The Bertz CT molecular complexity index is 605. The molecule has 1 aromatic rings. The van der Waals surface area contributed by atoms with Crippen molar-refractivity contribution >= 4 is 41.5 Å². The van der Waals surface area contributed by atoms with Crippen LogP contribution in [0.1, 0.15) is 40.5 Å². The SMILES string of the molecule is CCCC(C)(N)C(=O)Nc1ccc(OCC(=O)N(CC)CC)c(Cl)c1.Cl. The zero-order valence-corrected chi connectivity index (χ0v) is 17.4. The number of nitrogens with zero attached hydrogens (tertiary/aromatic N) is 1. The van der Waals surface area contributed by atoms with Crippen molar-refractivity contribution in [1.82, 2.24) is 4.90 Å². The Labute approximate surface area is 166 Å². The van der Waals surface area contributed by atoms with Gasteiger partial charge in [0.15, 0.2) is 6.61 Å². The van der Waals surface area contributed by atoms with Crippen LogP contribution in [0.4, 0.5) is 5.69 Å². The zero-order chi connectivity index (χ0) is 19.0. The number of likely N-dealkylation sites (N-methyl/N-ethyl adjacent to an activating group) is 1. The van der Waals surface area contributed by atoms with Crippen LogP contribution < -0.4 is 15.8 Å². The molecule has 3 N–H and O–H groups in total. The molecule has 0 heterocycles. The molecule has 1 unspecified atom stereocenters. The van der Waals surface area contributed by atoms with Crippen molar-refractivity contribution in [2.45, 2.75) is 46.1 Å². The smallest absolute Gasteiger partial charge is 0.260 e. The zero-order valence-electron chi connectivity index (χ0n) is 15.8. The van der Waals surface area contributed by atoms with Gasteiger partial charge in [0.25, 0.3) is 5.91 Å². The molecular formula is C18H29Cl2N3O3. The van der Waals surface area contributed by atoms with E-state index in [0.29, 0.717) is 36.0 Å². The summed E-state index contributed by atoms with van der Waals surface area (Å²) in [5, 5.41) is 3.08. The van der Waals surface area contributed by atoms with Crippen LogP contribution in [0.15, 0.2) is 18.2 Å². The van der Waals surface area contributed by atoms with Crippen LogP contribution in [0.3, 0.4) is 0 Å². The largest absolute Gasteiger partial charge is 0.482 e. The van der Waals surface area contributed by atoms with E-state index < -0.39 is 5.54 Å². The third kappa shape index (κ3) is 7.02. The van der Waals surface area contributed by atoms with E-state index in [1.165, 1.54) is 0 Å². The van der Waals surface area contributed by atoms with E-state index in [1.54, 1.807) is 30.0 Å². The van der Waals surface area contributed by atoms with Crippen molar-refractivity contribution in [3.63, 3.8) is 0 Å². The molecule has 6 nitrogen and oxygen atoms in total. The minimum atomic E-state index is -0.938. The number of anilines is 1. The Kier molecular flexibility index (Phi) is 10.6. The highest BCUT2D eigenvalue weighted by atomic mass is 35.5. The molecule has 0 spiro atoms. The van der Waals surface area contributed by atoms with Crippen LogP contribution in [0.25, 0.3) is 0 Å². The standard InChI is InChI=1S/C18H28ClN3O3.ClH/c1-5-10-18(4,20)17(24)21-13-8-9-15(14(19)11-13)25-12-16(23)22(6-2)7-3;/h8-9,11H,5-7,10,12,20H2,1-4H3,(H,21,24);1H. The van der Waals surface area contributed by atoms with Crippen LogP contribution in [-0.2, 0) is 9.59 Å². The minimum absolute atomic E-state index is 0. The summed E-state index contributed by atoms with van der Waals surface area (Å²) in [5.74, 6) is 0.0250. The average molecular weight is 406 g/mol. The van der Waals surface area contributed by atoms with Gasteiger partial charge in [0.1, 0.15) is 5.75 Å². The van der Waals surface area contributed by atoms with Crippen LogP contribution >= 0.6 is 24.0 Å². The second kappa shape index (κ2) is 11.3. The number of amides is 2. The Morgan fingerprint density at radius 3 is 2.38 bits per heavy atom. The van der Waals surface area contributed by atoms with Gasteiger partial charge in [-0.25, -0.2) is 0 Å². The normalized spacial score (nSPS) is 12.5. The summed E-state index contributed by atoms with van der Waals surface area (Å²) in [6.45, 7) is 8.68. The number of hydrogen-bond acceptors (Lipinski definition) is 4. The first-order chi connectivity index (χ1) is 11.7. The molecular weight excluding hydrogens is 377 g/mol. The van der Waals surface area contributed by atoms with E-state index in [-0.39, 0.29) is 30.8 Å². The maximum Gasteiger partial charge on any atom is 0.260 e. The summed E-state index contributed by atoms with van der Waals surface area (Å²) < 4.78 is 5.49. The molecule has 26 heavy (non-hydrogen) atoms. The van der Waals surface area contributed by atoms with Crippen molar-refractivity contribution < 1.29 is 14.3 Å². The second-order valence-corrected chi connectivity index (χ2v) is 6.53. The summed E-state index contributed by atoms with van der Waals surface area (Å²) in [4.78, 5) is 25.9. The number of ether oxygens (including phenoxy) is 1. The molecule has 0 aliphatic rings. The van der Waals surface area contributed by atoms with Gasteiger partial charge < -0.3 is 20.7 Å². The fourth-order valence-electron chi connectivity index (χ4n) is 2.41. The lowest BCUT2D eigenvalue weighted by Gasteiger charge is -2.23. The molecule has 1 aromatic carbocycles. The maximum absolute atomic E-state index is 12.2. The van der Waals surface area contributed by atoms with Gasteiger partial charge in [-0.3, -0.25) is 9.59 Å². The van der Waals surface area contributed by atoms with Crippen molar-refractivity contribution in [2.24, 2.45) is 5.73 Å². The molecule has 148 valence electrons. The number of rotatable bonds is 9. The molecule has 0 aromatic heterocycles. The fraction of sp³-hybridized carbons (Fsp3) is 0.556. The lowest BCUT2D eigenvalue weighted by atomic mass is 9.96. The van der Waals surface area contributed by atoms with E-state index >= 15 is 0 Å². The molecule has 8 heteroatoms. The highest BCUT2D eigenvalue weighted by Crippen LogP contribution is 2.28. The van der Waals surface area contributed by atoms with E-state index in [1.807, 2.05) is 20.8 Å². The van der Waals surface area contributed by atoms with Gasteiger partial charge in [-0.05, 0) is 45.4 Å². The van der Waals surface area contributed by atoms with Crippen molar-refractivity contribution in [2.75, 3.05) is 25.0 Å². The number of carbonyl (C=O) groups is 2. The summed E-state index contributed by atoms with van der Waals surface area (Å²) in [5.41, 5.74) is 5.61. The molecule has 0 saturated carbocycles. The first-order valence-electron chi connectivity index (χ1n) is 8.55. The molecule has 0 saturated heterocycles. The van der Waals surface area contributed by atoms with Gasteiger partial charge in [-0.2, -0.15) is 0 Å². The quantitative estimate of drug-likeness (QED) is 0.658. The highest BCUT2D eigenvalue weighted by Gasteiger charge is 2.27. The molecule has 1 rings (SSSR count). The van der Waals surface area contributed by atoms with Gasteiger partial charge in [0, 0.05) is 18.8 Å².